The van der Waals surface area contributed by atoms with E-state index in [9.17, 15) is 10.2 Å². The van der Waals surface area contributed by atoms with Crippen molar-refractivity contribution in [3.63, 3.8) is 0 Å². The van der Waals surface area contributed by atoms with Crippen LogP contribution in [0.1, 0.15) is 64.5 Å². The minimum atomic E-state index is -0.910. The zero-order chi connectivity index (χ0) is 21.3. The number of methoxy groups -OCH3 is 1. The van der Waals surface area contributed by atoms with Gasteiger partial charge in [0.25, 0.3) is 0 Å². The Morgan fingerprint density at radius 2 is 1.93 bits per heavy atom. The first kappa shape index (κ1) is 19.4. The number of rotatable bonds is 2. The molecule has 2 aliphatic heterocycles. The number of ether oxygens (including phenoxy) is 2. The summed E-state index contributed by atoms with van der Waals surface area (Å²) in [5.74, 6) is 0.887. The summed E-state index contributed by atoms with van der Waals surface area (Å²) in [6, 6.07) is 4.26. The van der Waals surface area contributed by atoms with Crippen molar-refractivity contribution >= 4 is 0 Å². The van der Waals surface area contributed by atoms with Crippen molar-refractivity contribution in [1.29, 1.82) is 0 Å². The first-order valence-electron chi connectivity index (χ1n) is 11.6. The zero-order valence-corrected chi connectivity index (χ0v) is 18.8. The van der Waals surface area contributed by atoms with Crippen LogP contribution < -0.4 is 10.1 Å². The summed E-state index contributed by atoms with van der Waals surface area (Å²) in [6.45, 7) is 9.33. The molecule has 4 aliphatic carbocycles. The number of benzene rings is 1. The summed E-state index contributed by atoms with van der Waals surface area (Å²) in [7, 11) is 1.80. The molecule has 0 amide bonds. The number of fused-ring (bicyclic) bond motifs is 2. The highest BCUT2D eigenvalue weighted by molar-refractivity contribution is 5.63. The third-order valence-corrected chi connectivity index (χ3v) is 10.4. The van der Waals surface area contributed by atoms with Crippen LogP contribution in [0.3, 0.4) is 0 Å². The van der Waals surface area contributed by atoms with Crippen LogP contribution in [-0.2, 0) is 16.6 Å². The monoisotopic (exact) mass is 413 g/mol. The number of piperidine rings is 1. The van der Waals surface area contributed by atoms with Gasteiger partial charge in [0.05, 0.1) is 5.60 Å². The van der Waals surface area contributed by atoms with Crippen molar-refractivity contribution in [3.05, 3.63) is 23.3 Å². The molecule has 1 aromatic rings. The normalized spacial score (nSPS) is 44.9. The number of nitrogens with one attached hydrogen (secondary N) is 1. The Hall–Kier alpha value is -1.30. The summed E-state index contributed by atoms with van der Waals surface area (Å²) in [4.78, 5) is 0. The number of aliphatic hydroxyl groups is 1. The first-order chi connectivity index (χ1) is 14.1. The Balaban J connectivity index is 1.65. The lowest BCUT2D eigenvalue weighted by Crippen LogP contribution is -2.83. The molecule has 1 aromatic carbocycles. The summed E-state index contributed by atoms with van der Waals surface area (Å²) < 4.78 is 13.2. The quantitative estimate of drug-likeness (QED) is 0.694. The molecule has 6 aliphatic rings. The van der Waals surface area contributed by atoms with Crippen LogP contribution in [0.25, 0.3) is 0 Å². The number of hydrogen-bond acceptors (Lipinski definition) is 5. The van der Waals surface area contributed by atoms with Crippen molar-refractivity contribution < 1.29 is 19.7 Å². The minimum Gasteiger partial charge on any atom is -0.504 e. The molecular weight excluding hydrogens is 378 g/mol. The molecule has 4 fully saturated rings. The fraction of sp³-hybridized carbons (Fsp3) is 0.760. The van der Waals surface area contributed by atoms with Crippen LogP contribution in [0.15, 0.2) is 12.1 Å². The Bertz CT molecular complexity index is 936. The second kappa shape index (κ2) is 5.36. The van der Waals surface area contributed by atoms with Gasteiger partial charge >= 0.3 is 0 Å². The van der Waals surface area contributed by atoms with Crippen molar-refractivity contribution in [3.8, 4) is 11.5 Å². The molecule has 7 rings (SSSR count). The maximum atomic E-state index is 12.0. The highest BCUT2D eigenvalue weighted by Crippen LogP contribution is 2.77. The molecular formula is C25H35NO4. The molecule has 1 saturated heterocycles. The second-order valence-electron chi connectivity index (χ2n) is 11.8. The molecule has 0 radical (unpaired) electrons. The van der Waals surface area contributed by atoms with Gasteiger partial charge in [-0.3, -0.25) is 0 Å². The van der Waals surface area contributed by atoms with E-state index in [1.807, 2.05) is 6.92 Å². The highest BCUT2D eigenvalue weighted by atomic mass is 16.6. The second-order valence-corrected chi connectivity index (χ2v) is 11.8. The Kier molecular flexibility index (Phi) is 3.46. The van der Waals surface area contributed by atoms with Gasteiger partial charge in [-0.25, -0.2) is 0 Å². The molecule has 30 heavy (non-hydrogen) atoms. The molecule has 7 atom stereocenters. The predicted molar refractivity (Wildman–Crippen MR) is 114 cm³/mol. The molecule has 2 heterocycles. The molecule has 1 unspecified atom stereocenters. The molecule has 2 spiro atoms. The Morgan fingerprint density at radius 1 is 1.17 bits per heavy atom. The zero-order valence-electron chi connectivity index (χ0n) is 18.8. The Morgan fingerprint density at radius 3 is 2.63 bits per heavy atom. The average Bonchev–Trinajstić information content (AvgIpc) is 3.05. The molecule has 3 saturated carbocycles. The van der Waals surface area contributed by atoms with Gasteiger partial charge in [-0.05, 0) is 62.6 Å². The number of hydrogen-bond donors (Lipinski definition) is 3. The summed E-state index contributed by atoms with van der Waals surface area (Å²) in [6.07, 6.45) is 4.66. The highest BCUT2D eigenvalue weighted by Gasteiger charge is 2.81. The predicted octanol–water partition coefficient (Wildman–Crippen LogP) is 3.29. The van der Waals surface area contributed by atoms with Gasteiger partial charge in [0.15, 0.2) is 11.5 Å². The van der Waals surface area contributed by atoms with Gasteiger partial charge in [0, 0.05) is 35.5 Å². The third kappa shape index (κ3) is 1.77. The van der Waals surface area contributed by atoms with Crippen LogP contribution >= 0.6 is 0 Å². The van der Waals surface area contributed by atoms with Crippen LogP contribution in [0.5, 0.6) is 11.5 Å². The maximum absolute atomic E-state index is 12.0. The van der Waals surface area contributed by atoms with Crippen LogP contribution in [0.4, 0.5) is 0 Å². The largest absolute Gasteiger partial charge is 0.504 e. The van der Waals surface area contributed by atoms with E-state index in [0.717, 1.165) is 38.6 Å². The van der Waals surface area contributed by atoms with Gasteiger partial charge in [-0.2, -0.15) is 0 Å². The maximum Gasteiger partial charge on any atom is 0.165 e. The molecule has 3 N–H and O–H groups in total. The number of phenols is 1. The topological polar surface area (TPSA) is 71.0 Å². The van der Waals surface area contributed by atoms with Crippen LogP contribution in [0.2, 0.25) is 0 Å². The van der Waals surface area contributed by atoms with E-state index in [0.29, 0.717) is 11.8 Å². The van der Waals surface area contributed by atoms with Gasteiger partial charge in [-0.1, -0.05) is 26.8 Å². The number of aromatic hydroxyl groups is 1. The third-order valence-electron chi connectivity index (χ3n) is 10.4. The van der Waals surface area contributed by atoms with E-state index >= 15 is 0 Å². The fourth-order valence-corrected chi connectivity index (χ4v) is 8.53. The van der Waals surface area contributed by atoms with Gasteiger partial charge < -0.3 is 25.0 Å². The van der Waals surface area contributed by atoms with Gasteiger partial charge in [-0.15, -0.1) is 0 Å². The molecule has 164 valence electrons. The van der Waals surface area contributed by atoms with Crippen LogP contribution in [0, 0.1) is 16.7 Å². The molecule has 0 aromatic heterocycles. The van der Waals surface area contributed by atoms with E-state index in [4.69, 9.17) is 9.47 Å². The molecule has 5 nitrogen and oxygen atoms in total. The van der Waals surface area contributed by atoms with Crippen molar-refractivity contribution in [2.75, 3.05) is 13.7 Å². The smallest absolute Gasteiger partial charge is 0.165 e. The minimum absolute atomic E-state index is 0.0160. The summed E-state index contributed by atoms with van der Waals surface area (Å²) >= 11 is 0. The van der Waals surface area contributed by atoms with E-state index < -0.39 is 11.2 Å². The van der Waals surface area contributed by atoms with E-state index in [2.05, 4.69) is 32.2 Å². The fourth-order valence-electron chi connectivity index (χ4n) is 8.53. The van der Waals surface area contributed by atoms with Crippen molar-refractivity contribution in [1.82, 2.24) is 5.32 Å². The van der Waals surface area contributed by atoms with E-state index in [1.54, 1.807) is 13.2 Å². The average molecular weight is 414 g/mol. The lowest BCUT2D eigenvalue weighted by Gasteiger charge is -2.74. The lowest BCUT2D eigenvalue weighted by molar-refractivity contribution is -0.303. The SMILES string of the molecule is CO[C@]12CC[C@@]3(C[C@@H]1C(C)(O)C(C)(C)C)[C@H]1Cc4ccc(O)c5c4[C@@]3(CCN1)[C@H]2O5. The molecule has 4 bridgehead atoms. The molecule has 5 heteroatoms. The van der Waals surface area contributed by atoms with E-state index in [-0.39, 0.29) is 34.0 Å². The van der Waals surface area contributed by atoms with Crippen molar-refractivity contribution in [2.45, 2.75) is 88.6 Å². The summed E-state index contributed by atoms with van der Waals surface area (Å²) in [5.41, 5.74) is 0.658. The number of phenolic OH excluding ortho intramolecular Hbond substituents is 1. The van der Waals surface area contributed by atoms with E-state index in [1.165, 1.54) is 11.1 Å². The standard InChI is InChI=1S/C25H35NO4/c1-21(2,3)22(4,28)16-13-23-8-9-25(16,29-5)20-24(23)10-11-26-17(23)12-14-6-7-15(27)19(30-20)18(14)24/h6-7,16-17,20,26-28H,8-13H2,1-5H3/t16-,17-,20-,22?,23-,24+,25-/m1/s1. The Labute approximate surface area is 179 Å². The summed E-state index contributed by atoms with van der Waals surface area (Å²) in [5, 5.41) is 26.6. The lowest BCUT2D eigenvalue weighted by atomic mass is 9.33. The van der Waals surface area contributed by atoms with Crippen molar-refractivity contribution in [2.24, 2.45) is 16.7 Å². The van der Waals surface area contributed by atoms with Gasteiger partial charge in [0.2, 0.25) is 0 Å². The van der Waals surface area contributed by atoms with Crippen LogP contribution in [-0.4, -0.2) is 47.2 Å². The first-order valence-corrected chi connectivity index (χ1v) is 11.6. The van der Waals surface area contributed by atoms with Gasteiger partial charge in [0.1, 0.15) is 11.7 Å².